The van der Waals surface area contributed by atoms with Crippen molar-refractivity contribution < 1.29 is 37.4 Å². The van der Waals surface area contributed by atoms with Crippen LogP contribution in [0, 0.1) is 5.41 Å². The normalized spacial score (nSPS) is 18.7. The molecule has 4 aliphatic rings. The minimum absolute atomic E-state index is 0.00673. The van der Waals surface area contributed by atoms with Gasteiger partial charge in [-0.2, -0.15) is 22.7 Å². The largest absolute Gasteiger partial charge is 0.505 e. The first-order valence-electron chi connectivity index (χ1n) is 19.7. The van der Waals surface area contributed by atoms with Crippen LogP contribution in [-0.2, 0) is 34.1 Å². The van der Waals surface area contributed by atoms with E-state index in [0.29, 0.717) is 88.2 Å². The number of alkyl halides is 3. The predicted octanol–water partition coefficient (Wildman–Crippen LogP) is 6.62. The van der Waals surface area contributed by atoms with Crippen molar-refractivity contribution in [2.75, 3.05) is 31.5 Å². The van der Waals surface area contributed by atoms with E-state index in [4.69, 9.17) is 26.4 Å². The Kier molecular flexibility index (Phi) is 10.0. The number of piperidine rings is 1. The molecule has 3 aromatic heterocycles. The molecule has 5 heterocycles. The van der Waals surface area contributed by atoms with E-state index in [9.17, 15) is 37.5 Å². The maximum atomic E-state index is 14.7. The number of anilines is 1. The highest BCUT2D eigenvalue weighted by Crippen LogP contribution is 2.46. The summed E-state index contributed by atoms with van der Waals surface area (Å²) in [6.45, 7) is 6.86. The second-order valence-corrected chi connectivity index (χ2v) is 17.6. The zero-order chi connectivity index (χ0) is 42.1. The highest BCUT2D eigenvalue weighted by Gasteiger charge is 2.48. The Morgan fingerprint density at radius 1 is 1.02 bits per heavy atom. The highest BCUT2D eigenvalue weighted by atomic mass is 35.5. The van der Waals surface area contributed by atoms with Gasteiger partial charge >= 0.3 is 12.3 Å². The molecule has 2 aliphatic carbocycles. The number of carbonyl (C=O) groups excluding carboxylic acids is 3. The number of allylic oxidation sites excluding steroid dienone is 2. The number of nitrogens with one attached hydrogen (secondary N) is 1. The zero-order valence-electron chi connectivity index (χ0n) is 32.9. The van der Waals surface area contributed by atoms with Gasteiger partial charge in [0.25, 0.3) is 11.5 Å². The number of nitrogens with zero attached hydrogens (tertiary/aromatic N) is 7. The van der Waals surface area contributed by atoms with Gasteiger partial charge in [0.15, 0.2) is 11.5 Å². The van der Waals surface area contributed by atoms with Crippen LogP contribution in [0.5, 0.6) is 5.75 Å². The molecule has 14 nitrogen and oxygen atoms in total. The SMILES string of the molecule is CC(C)(C)OC(=O)N1CC2(CC=C(c3nc4n(CC(=O)Nc5ccc(C(F)(F)F)cc5Cl)c5c(c(=O)n4n3)C3(CCC5)CCN(C(=O)c4ncccc4O)CC3)CC2)C1. The van der Waals surface area contributed by atoms with Gasteiger partial charge in [-0.3, -0.25) is 14.4 Å². The smallest absolute Gasteiger partial charge is 0.416 e. The van der Waals surface area contributed by atoms with Crippen LogP contribution in [0.25, 0.3) is 11.4 Å². The van der Waals surface area contributed by atoms with Crippen molar-refractivity contribution in [3.63, 3.8) is 0 Å². The van der Waals surface area contributed by atoms with Crippen molar-refractivity contribution in [3.8, 4) is 5.75 Å². The Morgan fingerprint density at radius 3 is 2.41 bits per heavy atom. The summed E-state index contributed by atoms with van der Waals surface area (Å²) in [5.74, 6) is -0.746. The summed E-state index contributed by atoms with van der Waals surface area (Å²) in [7, 11) is 0. The van der Waals surface area contributed by atoms with Crippen molar-refractivity contribution in [1.29, 1.82) is 0 Å². The summed E-state index contributed by atoms with van der Waals surface area (Å²) in [5, 5.41) is 17.4. The Morgan fingerprint density at radius 2 is 1.76 bits per heavy atom. The van der Waals surface area contributed by atoms with E-state index in [1.807, 2.05) is 26.8 Å². The van der Waals surface area contributed by atoms with E-state index >= 15 is 0 Å². The summed E-state index contributed by atoms with van der Waals surface area (Å²) in [5.41, 5.74) is -0.797. The van der Waals surface area contributed by atoms with Gasteiger partial charge < -0.3 is 29.5 Å². The van der Waals surface area contributed by atoms with Gasteiger partial charge in [0.2, 0.25) is 11.7 Å². The molecule has 4 aromatic rings. The topological polar surface area (TPSA) is 164 Å². The lowest BCUT2D eigenvalue weighted by molar-refractivity contribution is -0.137. The average molecular weight is 837 g/mol. The first kappa shape index (κ1) is 40.3. The Labute approximate surface area is 342 Å². The molecule has 2 spiro atoms. The van der Waals surface area contributed by atoms with E-state index < -0.39 is 34.6 Å². The summed E-state index contributed by atoms with van der Waals surface area (Å²) >= 11 is 6.20. The molecule has 2 aliphatic heterocycles. The fourth-order valence-corrected chi connectivity index (χ4v) is 9.27. The minimum atomic E-state index is -4.62. The van der Waals surface area contributed by atoms with E-state index in [1.54, 1.807) is 14.4 Å². The van der Waals surface area contributed by atoms with Gasteiger partial charge in [-0.25, -0.2) is 9.78 Å². The maximum absolute atomic E-state index is 14.7. The molecule has 18 heteroatoms. The number of aromatic nitrogens is 5. The van der Waals surface area contributed by atoms with E-state index in [1.165, 1.54) is 22.8 Å². The molecule has 0 bridgehead atoms. The maximum Gasteiger partial charge on any atom is 0.416 e. The number of ether oxygens (including phenoxy) is 1. The molecule has 312 valence electrons. The van der Waals surface area contributed by atoms with Gasteiger partial charge in [0.05, 0.1) is 16.3 Å². The number of halogens is 4. The molecule has 8 rings (SSSR count). The highest BCUT2D eigenvalue weighted by molar-refractivity contribution is 6.33. The number of hydrogen-bond acceptors (Lipinski definition) is 9. The third-order valence-corrected chi connectivity index (χ3v) is 12.3. The summed E-state index contributed by atoms with van der Waals surface area (Å²) in [6, 6.07) is 5.62. The number of amides is 3. The molecular weight excluding hydrogens is 793 g/mol. The van der Waals surface area contributed by atoms with Crippen LogP contribution in [0.4, 0.5) is 23.7 Å². The monoisotopic (exact) mass is 836 g/mol. The standard InChI is InChI=1S/C41H44ClF3N8O6/c1-38(2,3)59-37(58)51-22-39(23-51)13-10-24(11-14-39)33-48-36-52(21-30(55)47-27-9-8-25(20-26(27)42)41(43,44)45)28-6-4-12-40(31(28)34(56)53(36)49-33)15-18-50(19-16-40)35(57)32-29(54)7-5-17-46-32/h5,7-10,17,20,54H,4,6,11-16,18-19,21-23H2,1-3H3,(H,47,55). The Balaban J connectivity index is 1.12. The lowest BCUT2D eigenvalue weighted by Crippen LogP contribution is -2.59. The molecule has 3 amide bonds. The lowest BCUT2D eigenvalue weighted by Gasteiger charge is -2.51. The van der Waals surface area contributed by atoms with Gasteiger partial charge in [-0.05, 0) is 108 Å². The second kappa shape index (κ2) is 14.7. The van der Waals surface area contributed by atoms with Crippen LogP contribution in [0.1, 0.15) is 98.9 Å². The van der Waals surface area contributed by atoms with Crippen LogP contribution in [0.2, 0.25) is 5.02 Å². The number of carbonyl (C=O) groups is 3. The molecule has 2 N–H and O–H groups in total. The van der Waals surface area contributed by atoms with Crippen LogP contribution in [-0.4, -0.2) is 88.7 Å². The lowest BCUT2D eigenvalue weighted by atomic mass is 9.66. The fraction of sp³-hybridized carbons (Fsp3) is 0.488. The third kappa shape index (κ3) is 7.64. The summed E-state index contributed by atoms with van der Waals surface area (Å²) < 4.78 is 48.5. The van der Waals surface area contributed by atoms with Crippen molar-refractivity contribution in [1.82, 2.24) is 33.9 Å². The van der Waals surface area contributed by atoms with Crippen LogP contribution < -0.4 is 10.9 Å². The number of aromatic hydroxyl groups is 1. The van der Waals surface area contributed by atoms with Gasteiger partial charge in [-0.1, -0.05) is 17.7 Å². The molecule has 59 heavy (non-hydrogen) atoms. The molecule has 0 atom stereocenters. The number of hydrogen-bond donors (Lipinski definition) is 2. The van der Waals surface area contributed by atoms with Crippen LogP contribution in [0.3, 0.4) is 0 Å². The van der Waals surface area contributed by atoms with Crippen molar-refractivity contribution in [3.05, 3.63) is 86.3 Å². The first-order valence-corrected chi connectivity index (χ1v) is 20.0. The minimum Gasteiger partial charge on any atom is -0.505 e. The average Bonchev–Trinajstić information content (AvgIpc) is 3.62. The number of likely N-dealkylation sites (tertiary alicyclic amines) is 2. The molecule has 0 radical (unpaired) electrons. The zero-order valence-corrected chi connectivity index (χ0v) is 33.6. The molecular formula is C41H44ClF3N8O6. The quantitative estimate of drug-likeness (QED) is 0.225. The van der Waals surface area contributed by atoms with Gasteiger partial charge in [-0.15, -0.1) is 5.10 Å². The summed E-state index contributed by atoms with van der Waals surface area (Å²) in [6.07, 6.45) is 3.20. The van der Waals surface area contributed by atoms with Crippen LogP contribution >= 0.6 is 11.6 Å². The van der Waals surface area contributed by atoms with E-state index in [-0.39, 0.29) is 51.5 Å². The third-order valence-electron chi connectivity index (χ3n) is 12.0. The Bertz CT molecular complexity index is 2460. The molecule has 2 fully saturated rings. The summed E-state index contributed by atoms with van der Waals surface area (Å²) in [4.78, 5) is 66.8. The number of rotatable bonds is 5. The predicted molar refractivity (Wildman–Crippen MR) is 210 cm³/mol. The number of benzene rings is 1. The van der Waals surface area contributed by atoms with E-state index in [0.717, 1.165) is 30.2 Å². The molecule has 2 saturated heterocycles. The van der Waals surface area contributed by atoms with Gasteiger partial charge in [0, 0.05) is 54.5 Å². The number of fused-ring (bicyclic) bond motifs is 3. The van der Waals surface area contributed by atoms with Crippen molar-refractivity contribution in [2.24, 2.45) is 5.41 Å². The van der Waals surface area contributed by atoms with Crippen molar-refractivity contribution >= 4 is 46.5 Å². The first-order chi connectivity index (χ1) is 27.9. The van der Waals surface area contributed by atoms with Gasteiger partial charge in [0.1, 0.15) is 17.9 Å². The van der Waals surface area contributed by atoms with E-state index in [2.05, 4.69) is 10.3 Å². The van der Waals surface area contributed by atoms with Crippen LogP contribution in [0.15, 0.2) is 47.4 Å². The molecule has 0 saturated carbocycles. The second-order valence-electron chi connectivity index (χ2n) is 17.2. The molecule has 0 unspecified atom stereocenters. The Hall–Kier alpha value is -5.45. The fourth-order valence-electron chi connectivity index (χ4n) is 9.04. The van der Waals surface area contributed by atoms with Crippen molar-refractivity contribution in [2.45, 2.75) is 95.9 Å². The number of pyridine rings is 1. The molecule has 1 aromatic carbocycles.